The number of hydrogen-bond acceptors (Lipinski definition) is 2. The molecule has 32 heavy (non-hydrogen) atoms. The van der Waals surface area contributed by atoms with Gasteiger partial charge in [-0.15, -0.1) is 10.2 Å². The van der Waals surface area contributed by atoms with Gasteiger partial charge in [-0.3, -0.25) is 0 Å². The van der Waals surface area contributed by atoms with Crippen molar-refractivity contribution in [2.45, 2.75) is 0 Å². The summed E-state index contributed by atoms with van der Waals surface area (Å²) in [7, 11) is 0. The zero-order valence-corrected chi connectivity index (χ0v) is 17.6. The van der Waals surface area contributed by atoms with Crippen molar-refractivity contribution in [2.75, 3.05) is 0 Å². The largest absolute Gasteiger partial charge is 0.150 e. The Balaban J connectivity index is 1.64. The standard InChI is InChI=1S/C30H22N2/c1-4-13-23(14-5-1)26-19-10-11-21-28(26)31-32-29-22-12-20-27(24-15-6-2-7-16-24)30(29)25-17-8-3-9-18-25/h1-22H/b32-31+. The molecule has 0 spiro atoms. The summed E-state index contributed by atoms with van der Waals surface area (Å²) >= 11 is 0. The number of rotatable bonds is 5. The van der Waals surface area contributed by atoms with Crippen LogP contribution in [-0.2, 0) is 0 Å². The molecule has 5 aromatic rings. The monoisotopic (exact) mass is 410 g/mol. The first-order valence-electron chi connectivity index (χ1n) is 10.7. The molecule has 0 bridgehead atoms. The third-order valence-corrected chi connectivity index (χ3v) is 5.44. The normalized spacial score (nSPS) is 11.0. The van der Waals surface area contributed by atoms with E-state index in [9.17, 15) is 0 Å². The van der Waals surface area contributed by atoms with E-state index in [4.69, 9.17) is 10.2 Å². The second-order valence-electron chi connectivity index (χ2n) is 7.51. The lowest BCUT2D eigenvalue weighted by atomic mass is 9.93. The Kier molecular flexibility index (Phi) is 5.67. The Labute approximate surface area is 188 Å². The Morgan fingerprint density at radius 3 is 1.41 bits per heavy atom. The van der Waals surface area contributed by atoms with E-state index in [1.807, 2.05) is 60.7 Å². The minimum absolute atomic E-state index is 0.848. The molecule has 0 heterocycles. The van der Waals surface area contributed by atoms with E-state index >= 15 is 0 Å². The maximum Gasteiger partial charge on any atom is 0.0941 e. The van der Waals surface area contributed by atoms with Crippen LogP contribution in [0, 0.1) is 0 Å². The van der Waals surface area contributed by atoms with Gasteiger partial charge in [0.1, 0.15) is 0 Å². The average molecular weight is 411 g/mol. The van der Waals surface area contributed by atoms with E-state index in [0.29, 0.717) is 0 Å². The van der Waals surface area contributed by atoms with Crippen molar-refractivity contribution in [3.8, 4) is 33.4 Å². The lowest BCUT2D eigenvalue weighted by Gasteiger charge is -2.13. The van der Waals surface area contributed by atoms with Gasteiger partial charge in [0.05, 0.1) is 11.4 Å². The van der Waals surface area contributed by atoms with Gasteiger partial charge in [0, 0.05) is 11.1 Å². The zero-order chi connectivity index (χ0) is 21.6. The molecule has 0 fully saturated rings. The smallest absolute Gasteiger partial charge is 0.0941 e. The van der Waals surface area contributed by atoms with Crippen LogP contribution < -0.4 is 0 Å². The fourth-order valence-corrected chi connectivity index (χ4v) is 3.92. The van der Waals surface area contributed by atoms with Crippen LogP contribution in [0.5, 0.6) is 0 Å². The molecule has 5 rings (SSSR count). The molecule has 0 N–H and O–H groups in total. The van der Waals surface area contributed by atoms with Gasteiger partial charge >= 0.3 is 0 Å². The van der Waals surface area contributed by atoms with Crippen LogP contribution in [0.3, 0.4) is 0 Å². The van der Waals surface area contributed by atoms with Gasteiger partial charge in [0.2, 0.25) is 0 Å². The van der Waals surface area contributed by atoms with Crippen molar-refractivity contribution < 1.29 is 0 Å². The summed E-state index contributed by atoms with van der Waals surface area (Å²) in [6, 6.07) is 45.5. The minimum atomic E-state index is 0.848. The molecule has 0 atom stereocenters. The summed E-state index contributed by atoms with van der Waals surface area (Å²) in [5.41, 5.74) is 8.40. The van der Waals surface area contributed by atoms with Crippen molar-refractivity contribution in [2.24, 2.45) is 10.2 Å². The molecule has 0 aliphatic heterocycles. The van der Waals surface area contributed by atoms with Crippen molar-refractivity contribution >= 4 is 11.4 Å². The van der Waals surface area contributed by atoms with Crippen molar-refractivity contribution in [3.05, 3.63) is 133 Å². The van der Waals surface area contributed by atoms with Crippen LogP contribution in [0.25, 0.3) is 33.4 Å². The van der Waals surface area contributed by atoms with Crippen LogP contribution >= 0.6 is 0 Å². The van der Waals surface area contributed by atoms with E-state index in [1.54, 1.807) is 0 Å². The molecule has 152 valence electrons. The van der Waals surface area contributed by atoms with Gasteiger partial charge < -0.3 is 0 Å². The van der Waals surface area contributed by atoms with Gasteiger partial charge in [0.25, 0.3) is 0 Å². The first kappa shape index (κ1) is 19.7. The summed E-state index contributed by atoms with van der Waals surface area (Å²) in [4.78, 5) is 0. The molecular weight excluding hydrogens is 388 g/mol. The Morgan fingerprint density at radius 2 is 0.750 bits per heavy atom. The first-order valence-corrected chi connectivity index (χ1v) is 10.7. The third-order valence-electron chi connectivity index (χ3n) is 5.44. The van der Waals surface area contributed by atoms with Gasteiger partial charge in [-0.05, 0) is 34.4 Å². The van der Waals surface area contributed by atoms with Gasteiger partial charge in [-0.1, -0.05) is 121 Å². The second kappa shape index (κ2) is 9.23. The summed E-state index contributed by atoms with van der Waals surface area (Å²) < 4.78 is 0. The fourth-order valence-electron chi connectivity index (χ4n) is 3.92. The SMILES string of the molecule is c1ccc(-c2ccccc2/N=N/c2cccc(-c3ccccc3)c2-c2ccccc2)cc1. The van der Waals surface area contributed by atoms with Crippen molar-refractivity contribution in [1.29, 1.82) is 0 Å². The first-order chi connectivity index (χ1) is 15.9. The maximum absolute atomic E-state index is 4.75. The lowest BCUT2D eigenvalue weighted by Crippen LogP contribution is -1.86. The Morgan fingerprint density at radius 1 is 0.312 bits per heavy atom. The lowest BCUT2D eigenvalue weighted by molar-refractivity contribution is 1.23. The van der Waals surface area contributed by atoms with Crippen molar-refractivity contribution in [3.63, 3.8) is 0 Å². The van der Waals surface area contributed by atoms with E-state index in [-0.39, 0.29) is 0 Å². The summed E-state index contributed by atoms with van der Waals surface area (Å²) in [5, 5.41) is 9.45. The van der Waals surface area contributed by atoms with E-state index in [0.717, 1.165) is 44.8 Å². The van der Waals surface area contributed by atoms with E-state index in [1.165, 1.54) is 0 Å². The molecule has 0 saturated carbocycles. The van der Waals surface area contributed by atoms with Gasteiger partial charge in [-0.25, -0.2) is 0 Å². The van der Waals surface area contributed by atoms with Gasteiger partial charge in [-0.2, -0.15) is 0 Å². The minimum Gasteiger partial charge on any atom is -0.150 e. The van der Waals surface area contributed by atoms with Crippen LogP contribution in [-0.4, -0.2) is 0 Å². The zero-order valence-electron chi connectivity index (χ0n) is 17.6. The number of azo groups is 1. The predicted molar refractivity (Wildman–Crippen MR) is 133 cm³/mol. The van der Waals surface area contributed by atoms with Crippen LogP contribution in [0.1, 0.15) is 0 Å². The number of benzene rings is 5. The topological polar surface area (TPSA) is 24.7 Å². The van der Waals surface area contributed by atoms with Crippen LogP contribution in [0.2, 0.25) is 0 Å². The molecule has 2 nitrogen and oxygen atoms in total. The fraction of sp³-hybridized carbons (Fsp3) is 0. The maximum atomic E-state index is 4.75. The molecule has 0 radical (unpaired) electrons. The van der Waals surface area contributed by atoms with Crippen molar-refractivity contribution in [1.82, 2.24) is 0 Å². The number of nitrogens with zero attached hydrogens (tertiary/aromatic N) is 2. The molecule has 5 aromatic carbocycles. The Hall–Kier alpha value is -4.30. The van der Waals surface area contributed by atoms with Gasteiger partial charge in [0.15, 0.2) is 0 Å². The molecule has 0 aliphatic carbocycles. The Bertz CT molecular complexity index is 1340. The highest BCUT2D eigenvalue weighted by atomic mass is 15.1. The molecule has 0 saturated heterocycles. The molecule has 0 aromatic heterocycles. The predicted octanol–water partition coefficient (Wildman–Crippen LogP) is 9.10. The summed E-state index contributed by atoms with van der Waals surface area (Å²) in [6.45, 7) is 0. The summed E-state index contributed by atoms with van der Waals surface area (Å²) in [6.07, 6.45) is 0. The van der Waals surface area contributed by atoms with E-state index in [2.05, 4.69) is 72.8 Å². The highest BCUT2D eigenvalue weighted by Crippen LogP contribution is 2.40. The second-order valence-corrected chi connectivity index (χ2v) is 7.51. The molecule has 2 heteroatoms. The van der Waals surface area contributed by atoms with Crippen LogP contribution in [0.15, 0.2) is 144 Å². The number of hydrogen-bond donors (Lipinski definition) is 0. The highest BCUT2D eigenvalue weighted by Gasteiger charge is 2.12. The van der Waals surface area contributed by atoms with Crippen LogP contribution in [0.4, 0.5) is 11.4 Å². The quantitative estimate of drug-likeness (QED) is 0.258. The van der Waals surface area contributed by atoms with E-state index < -0.39 is 0 Å². The molecule has 0 amide bonds. The molecule has 0 unspecified atom stereocenters. The third kappa shape index (κ3) is 4.12. The average Bonchev–Trinajstić information content (AvgIpc) is 2.89. The molecule has 0 aliphatic rings. The molecular formula is C30H22N2. The highest BCUT2D eigenvalue weighted by molar-refractivity contribution is 5.90. The summed E-state index contributed by atoms with van der Waals surface area (Å²) in [5.74, 6) is 0.